The highest BCUT2D eigenvalue weighted by atomic mass is 16.3. The molecule has 0 aromatic heterocycles. The predicted octanol–water partition coefficient (Wildman–Crippen LogP) is -0.128. The molecule has 0 radical (unpaired) electrons. The average molecular weight is 188 g/mol. The Morgan fingerprint density at radius 1 is 1.54 bits per heavy atom. The molecule has 1 amide bonds. The lowest BCUT2D eigenvalue weighted by atomic mass is 10.0. The van der Waals surface area contributed by atoms with Crippen LogP contribution in [0.2, 0.25) is 0 Å². The zero-order valence-electron chi connectivity index (χ0n) is 8.85. The van der Waals surface area contributed by atoms with Gasteiger partial charge in [0.15, 0.2) is 0 Å². The monoisotopic (exact) mass is 188 g/mol. The second kappa shape index (κ2) is 5.19. The summed E-state index contributed by atoms with van der Waals surface area (Å²) in [4.78, 5) is 11.5. The molecule has 0 spiro atoms. The van der Waals surface area contributed by atoms with Crippen LogP contribution in [0.5, 0.6) is 0 Å². The van der Waals surface area contributed by atoms with E-state index in [0.29, 0.717) is 0 Å². The van der Waals surface area contributed by atoms with E-state index in [1.807, 2.05) is 6.92 Å². The van der Waals surface area contributed by atoms with Crippen molar-refractivity contribution in [3.8, 4) is 0 Å². The molecule has 0 fully saturated rings. The molecule has 0 aliphatic rings. The third-order valence-electron chi connectivity index (χ3n) is 2.24. The molecule has 0 aromatic carbocycles. The van der Waals surface area contributed by atoms with Crippen molar-refractivity contribution in [3.05, 3.63) is 0 Å². The van der Waals surface area contributed by atoms with E-state index >= 15 is 0 Å². The van der Waals surface area contributed by atoms with Crippen LogP contribution in [0.3, 0.4) is 0 Å². The fraction of sp³-hybridized carbons (Fsp3) is 0.889. The molecule has 0 saturated carbocycles. The van der Waals surface area contributed by atoms with Crippen molar-refractivity contribution >= 4 is 5.91 Å². The highest BCUT2D eigenvalue weighted by Crippen LogP contribution is 2.01. The lowest BCUT2D eigenvalue weighted by Gasteiger charge is -2.25. The van der Waals surface area contributed by atoms with Gasteiger partial charge in [-0.25, -0.2) is 0 Å². The number of aliphatic hydroxyl groups is 1. The standard InChI is InChI=1S/C9H20N2O2/c1-5-7(6-12)11-8(13)9(2,3)10-4/h7,10,12H,5-6H2,1-4H3,(H,11,13)/t7-/m0/s1. The van der Waals surface area contributed by atoms with Crippen LogP contribution in [0.15, 0.2) is 0 Å². The summed E-state index contributed by atoms with van der Waals surface area (Å²) in [6.45, 7) is 5.51. The van der Waals surface area contributed by atoms with E-state index in [1.165, 1.54) is 0 Å². The van der Waals surface area contributed by atoms with Gasteiger partial charge in [0, 0.05) is 0 Å². The lowest BCUT2D eigenvalue weighted by molar-refractivity contribution is -0.127. The van der Waals surface area contributed by atoms with Crippen LogP contribution < -0.4 is 10.6 Å². The molecule has 13 heavy (non-hydrogen) atoms. The van der Waals surface area contributed by atoms with Gasteiger partial charge in [-0.15, -0.1) is 0 Å². The van der Waals surface area contributed by atoms with E-state index < -0.39 is 5.54 Å². The molecule has 0 aliphatic carbocycles. The third kappa shape index (κ3) is 3.74. The summed E-state index contributed by atoms with van der Waals surface area (Å²) in [6, 6.07) is -0.139. The van der Waals surface area contributed by atoms with Gasteiger partial charge in [0.1, 0.15) is 0 Å². The van der Waals surface area contributed by atoms with Gasteiger partial charge in [-0.1, -0.05) is 6.92 Å². The Bertz CT molecular complexity index is 165. The quantitative estimate of drug-likeness (QED) is 0.563. The van der Waals surface area contributed by atoms with Gasteiger partial charge in [0.05, 0.1) is 18.2 Å². The van der Waals surface area contributed by atoms with Crippen LogP contribution in [0.1, 0.15) is 27.2 Å². The minimum Gasteiger partial charge on any atom is -0.394 e. The van der Waals surface area contributed by atoms with E-state index in [1.54, 1.807) is 20.9 Å². The average Bonchev–Trinajstić information content (AvgIpc) is 2.13. The van der Waals surface area contributed by atoms with Gasteiger partial charge < -0.3 is 15.7 Å². The normalized spacial score (nSPS) is 13.9. The molecule has 1 atom stereocenters. The molecule has 0 aromatic rings. The molecular formula is C9H20N2O2. The van der Waals surface area contributed by atoms with Crippen molar-refractivity contribution in [3.63, 3.8) is 0 Å². The van der Waals surface area contributed by atoms with Crippen molar-refractivity contribution in [1.29, 1.82) is 0 Å². The zero-order chi connectivity index (χ0) is 10.5. The predicted molar refractivity (Wildman–Crippen MR) is 52.4 cm³/mol. The van der Waals surface area contributed by atoms with E-state index in [4.69, 9.17) is 5.11 Å². The Kier molecular flexibility index (Phi) is 4.95. The largest absolute Gasteiger partial charge is 0.394 e. The minimum atomic E-state index is -0.581. The van der Waals surface area contributed by atoms with Gasteiger partial charge in [0.2, 0.25) is 5.91 Å². The number of carbonyl (C=O) groups excluding carboxylic acids is 1. The Morgan fingerprint density at radius 3 is 2.38 bits per heavy atom. The molecule has 0 unspecified atom stereocenters. The Hall–Kier alpha value is -0.610. The van der Waals surface area contributed by atoms with Crippen LogP contribution in [0.4, 0.5) is 0 Å². The van der Waals surface area contributed by atoms with Crippen LogP contribution in [0.25, 0.3) is 0 Å². The van der Waals surface area contributed by atoms with Crippen molar-refractivity contribution in [2.24, 2.45) is 0 Å². The summed E-state index contributed by atoms with van der Waals surface area (Å²) in [7, 11) is 1.74. The minimum absolute atomic E-state index is 0.0119. The second-order valence-corrected chi connectivity index (χ2v) is 3.64. The highest BCUT2D eigenvalue weighted by molar-refractivity contribution is 5.85. The fourth-order valence-electron chi connectivity index (χ4n) is 0.756. The van der Waals surface area contributed by atoms with Gasteiger partial charge >= 0.3 is 0 Å². The van der Waals surface area contributed by atoms with Crippen LogP contribution in [-0.2, 0) is 4.79 Å². The van der Waals surface area contributed by atoms with Crippen molar-refractivity contribution in [2.45, 2.75) is 38.8 Å². The third-order valence-corrected chi connectivity index (χ3v) is 2.24. The van der Waals surface area contributed by atoms with Gasteiger partial charge in [-0.05, 0) is 27.3 Å². The number of rotatable bonds is 5. The Labute approximate surface area is 79.7 Å². The molecule has 0 bridgehead atoms. The number of carbonyl (C=O) groups is 1. The van der Waals surface area contributed by atoms with Crippen molar-refractivity contribution in [1.82, 2.24) is 10.6 Å². The summed E-state index contributed by atoms with van der Waals surface area (Å²) < 4.78 is 0. The van der Waals surface area contributed by atoms with E-state index in [0.717, 1.165) is 6.42 Å². The molecule has 0 aliphatic heterocycles. The van der Waals surface area contributed by atoms with E-state index in [2.05, 4.69) is 10.6 Å². The Morgan fingerprint density at radius 2 is 2.08 bits per heavy atom. The number of hydrogen-bond acceptors (Lipinski definition) is 3. The van der Waals surface area contributed by atoms with Gasteiger partial charge in [-0.2, -0.15) is 0 Å². The van der Waals surface area contributed by atoms with Crippen molar-refractivity contribution < 1.29 is 9.90 Å². The van der Waals surface area contributed by atoms with E-state index in [9.17, 15) is 4.79 Å². The molecule has 0 heterocycles. The van der Waals surface area contributed by atoms with Crippen molar-refractivity contribution in [2.75, 3.05) is 13.7 Å². The molecular weight excluding hydrogens is 168 g/mol. The summed E-state index contributed by atoms with van der Waals surface area (Å²) in [5.41, 5.74) is -0.581. The number of nitrogens with one attached hydrogen (secondary N) is 2. The first-order valence-electron chi connectivity index (χ1n) is 4.58. The molecule has 78 valence electrons. The summed E-state index contributed by atoms with van der Waals surface area (Å²) >= 11 is 0. The maximum absolute atomic E-state index is 11.5. The van der Waals surface area contributed by atoms with E-state index in [-0.39, 0.29) is 18.6 Å². The highest BCUT2D eigenvalue weighted by Gasteiger charge is 2.26. The Balaban J connectivity index is 4.13. The zero-order valence-corrected chi connectivity index (χ0v) is 8.85. The van der Waals surface area contributed by atoms with Gasteiger partial charge in [0.25, 0.3) is 0 Å². The lowest BCUT2D eigenvalue weighted by Crippen LogP contribution is -2.54. The topological polar surface area (TPSA) is 61.4 Å². The number of likely N-dealkylation sites (N-methyl/N-ethyl adjacent to an activating group) is 1. The smallest absolute Gasteiger partial charge is 0.240 e. The number of aliphatic hydroxyl groups excluding tert-OH is 1. The second-order valence-electron chi connectivity index (χ2n) is 3.64. The van der Waals surface area contributed by atoms with Crippen LogP contribution in [-0.4, -0.2) is 36.2 Å². The fourth-order valence-corrected chi connectivity index (χ4v) is 0.756. The first kappa shape index (κ1) is 12.4. The SMILES string of the molecule is CC[C@@H](CO)NC(=O)C(C)(C)NC. The first-order valence-corrected chi connectivity index (χ1v) is 4.58. The summed E-state index contributed by atoms with van der Waals surface area (Å²) in [6.07, 6.45) is 0.738. The molecule has 4 nitrogen and oxygen atoms in total. The van der Waals surface area contributed by atoms with Gasteiger partial charge in [-0.3, -0.25) is 4.79 Å². The molecule has 0 rings (SSSR count). The number of amides is 1. The van der Waals surface area contributed by atoms with Crippen LogP contribution in [0, 0.1) is 0 Å². The molecule has 4 heteroatoms. The van der Waals surface area contributed by atoms with Crippen LogP contribution >= 0.6 is 0 Å². The maximum Gasteiger partial charge on any atom is 0.240 e. The first-order chi connectivity index (χ1) is 5.97. The molecule has 0 saturated heterocycles. The maximum atomic E-state index is 11.5. The number of hydrogen-bond donors (Lipinski definition) is 3. The summed E-state index contributed by atoms with van der Waals surface area (Å²) in [5.74, 6) is -0.0871. The summed E-state index contributed by atoms with van der Waals surface area (Å²) in [5, 5.41) is 14.5. The molecule has 3 N–H and O–H groups in total.